The van der Waals surface area contributed by atoms with Crippen LogP contribution in [0.25, 0.3) is 0 Å². The van der Waals surface area contributed by atoms with E-state index < -0.39 is 0 Å². The lowest BCUT2D eigenvalue weighted by Crippen LogP contribution is -2.39. The van der Waals surface area contributed by atoms with Crippen molar-refractivity contribution >= 4 is 35.4 Å². The Bertz CT molecular complexity index is 1140. The number of nitrogens with one attached hydrogen (secondary N) is 2. The van der Waals surface area contributed by atoms with Gasteiger partial charge in [-0.2, -0.15) is 15.0 Å². The van der Waals surface area contributed by atoms with Crippen molar-refractivity contribution in [2.45, 2.75) is 38.3 Å². The molecular formula is C25H28ClN7O. The fourth-order valence-electron chi connectivity index (χ4n) is 4.64. The van der Waals surface area contributed by atoms with Crippen LogP contribution < -0.4 is 21.3 Å². The summed E-state index contributed by atoms with van der Waals surface area (Å²) in [6.07, 6.45) is 3.29. The van der Waals surface area contributed by atoms with Crippen molar-refractivity contribution in [1.82, 2.24) is 15.0 Å². The fraction of sp³-hybridized carbons (Fsp3) is 0.360. The lowest BCUT2D eigenvalue weighted by atomic mass is 9.96. The number of carbonyl (C=O) groups excluding carboxylic acids is 1. The van der Waals surface area contributed by atoms with Gasteiger partial charge >= 0.3 is 0 Å². The molecule has 34 heavy (non-hydrogen) atoms. The normalized spacial score (nSPS) is 16.3. The molecule has 3 aromatic rings. The molecule has 1 fully saturated rings. The summed E-state index contributed by atoms with van der Waals surface area (Å²) in [7, 11) is 0. The van der Waals surface area contributed by atoms with E-state index in [1.54, 1.807) is 0 Å². The zero-order valence-corrected chi connectivity index (χ0v) is 19.6. The number of halogens is 1. The summed E-state index contributed by atoms with van der Waals surface area (Å²) < 4.78 is 0. The van der Waals surface area contributed by atoms with Gasteiger partial charge in [0.1, 0.15) is 0 Å². The maximum atomic E-state index is 11.6. The van der Waals surface area contributed by atoms with Gasteiger partial charge in [-0.1, -0.05) is 48.0 Å². The number of fused-ring (bicyclic) bond motifs is 1. The first-order valence-electron chi connectivity index (χ1n) is 11.7. The van der Waals surface area contributed by atoms with E-state index in [0.29, 0.717) is 55.3 Å². The Morgan fingerprint density at radius 3 is 2.26 bits per heavy atom. The molecule has 1 amide bonds. The topological polar surface area (TPSA) is 109 Å². The summed E-state index contributed by atoms with van der Waals surface area (Å²) in [5, 5.41) is 7.55. The summed E-state index contributed by atoms with van der Waals surface area (Å²) in [4.78, 5) is 27.7. The Hall–Kier alpha value is -3.39. The molecule has 1 aliphatic carbocycles. The van der Waals surface area contributed by atoms with Gasteiger partial charge in [-0.15, -0.1) is 0 Å². The zero-order chi connectivity index (χ0) is 23.5. The largest absolute Gasteiger partial charge is 0.369 e. The zero-order valence-electron chi connectivity index (χ0n) is 18.9. The van der Waals surface area contributed by atoms with E-state index in [-0.39, 0.29) is 17.9 Å². The van der Waals surface area contributed by atoms with Gasteiger partial charge in [0.25, 0.3) is 0 Å². The number of hydrogen-bond acceptors (Lipinski definition) is 7. The monoisotopic (exact) mass is 477 g/mol. The Balaban J connectivity index is 1.34. The molecule has 0 atom stereocenters. The van der Waals surface area contributed by atoms with E-state index in [0.717, 1.165) is 18.4 Å². The molecular weight excluding hydrogens is 450 g/mol. The number of rotatable bonds is 7. The number of aromatic nitrogens is 3. The third-order valence-corrected chi connectivity index (χ3v) is 6.80. The van der Waals surface area contributed by atoms with Crippen molar-refractivity contribution < 1.29 is 4.79 Å². The maximum absolute atomic E-state index is 11.6. The minimum Gasteiger partial charge on any atom is -0.369 e. The van der Waals surface area contributed by atoms with E-state index in [2.05, 4.69) is 49.8 Å². The minimum absolute atomic E-state index is 0.0878. The number of nitrogens with two attached hydrogens (primary N) is 1. The molecule has 1 saturated heterocycles. The van der Waals surface area contributed by atoms with Crippen molar-refractivity contribution in [3.8, 4) is 0 Å². The Morgan fingerprint density at radius 2 is 1.62 bits per heavy atom. The van der Waals surface area contributed by atoms with Gasteiger partial charge in [-0.05, 0) is 54.5 Å². The molecule has 4 N–H and O–H groups in total. The average Bonchev–Trinajstić information content (AvgIpc) is 3.26. The molecule has 0 spiro atoms. The van der Waals surface area contributed by atoms with Crippen molar-refractivity contribution in [2.75, 3.05) is 28.6 Å². The summed E-state index contributed by atoms with van der Waals surface area (Å²) >= 11 is 6.00. The predicted octanol–water partition coefficient (Wildman–Crippen LogP) is 3.42. The van der Waals surface area contributed by atoms with Crippen LogP contribution in [0.4, 0.5) is 17.8 Å². The molecule has 8 nitrogen and oxygen atoms in total. The van der Waals surface area contributed by atoms with E-state index in [4.69, 9.17) is 22.3 Å². The van der Waals surface area contributed by atoms with Gasteiger partial charge in [-0.3, -0.25) is 4.79 Å². The van der Waals surface area contributed by atoms with Crippen molar-refractivity contribution in [3.63, 3.8) is 0 Å². The third-order valence-electron chi connectivity index (χ3n) is 6.55. The van der Waals surface area contributed by atoms with Crippen LogP contribution in [0.15, 0.2) is 48.5 Å². The van der Waals surface area contributed by atoms with E-state index in [1.165, 1.54) is 11.1 Å². The summed E-state index contributed by atoms with van der Waals surface area (Å²) in [6, 6.07) is 16.4. The molecule has 2 aromatic carbocycles. The highest BCUT2D eigenvalue weighted by molar-refractivity contribution is 6.30. The molecule has 1 aromatic heterocycles. The first-order chi connectivity index (χ1) is 16.5. The van der Waals surface area contributed by atoms with Crippen LogP contribution in [-0.2, 0) is 24.2 Å². The molecule has 1 aliphatic heterocycles. The standard InChI is InChI=1S/C25H28ClN7O/c26-20-7-5-16(6-8-20)15-28-23-30-24(29-21-13-18-3-1-2-4-19(18)14-21)32-25(31-23)33-11-9-17(10-12-33)22(27)34/h1-8,17,21H,9-15H2,(H2,27,34)(H2,28,29,30,31,32). The van der Waals surface area contributed by atoms with Gasteiger partial charge in [0.2, 0.25) is 23.8 Å². The van der Waals surface area contributed by atoms with Gasteiger partial charge in [0.15, 0.2) is 0 Å². The van der Waals surface area contributed by atoms with Crippen LogP contribution in [0.3, 0.4) is 0 Å². The molecule has 9 heteroatoms. The number of primary amides is 1. The molecule has 0 saturated carbocycles. The number of anilines is 3. The maximum Gasteiger partial charge on any atom is 0.231 e. The van der Waals surface area contributed by atoms with E-state index in [9.17, 15) is 4.79 Å². The second kappa shape index (κ2) is 9.85. The first-order valence-corrected chi connectivity index (χ1v) is 12.0. The molecule has 5 rings (SSSR count). The lowest BCUT2D eigenvalue weighted by Gasteiger charge is -2.30. The number of nitrogens with zero attached hydrogens (tertiary/aromatic N) is 4. The molecule has 0 bridgehead atoms. The van der Waals surface area contributed by atoms with Crippen molar-refractivity contribution in [2.24, 2.45) is 11.7 Å². The van der Waals surface area contributed by atoms with Gasteiger partial charge in [0.05, 0.1) is 0 Å². The van der Waals surface area contributed by atoms with Crippen molar-refractivity contribution in [1.29, 1.82) is 0 Å². The van der Waals surface area contributed by atoms with Crippen LogP contribution >= 0.6 is 11.6 Å². The molecule has 2 heterocycles. The molecule has 2 aliphatic rings. The number of benzene rings is 2. The van der Waals surface area contributed by atoms with Gasteiger partial charge in [-0.25, -0.2) is 0 Å². The average molecular weight is 478 g/mol. The Labute approximate surface area is 204 Å². The van der Waals surface area contributed by atoms with Crippen LogP contribution in [0, 0.1) is 5.92 Å². The van der Waals surface area contributed by atoms with Gasteiger partial charge < -0.3 is 21.3 Å². The summed E-state index contributed by atoms with van der Waals surface area (Å²) in [6.45, 7) is 1.93. The number of carbonyl (C=O) groups is 1. The SMILES string of the molecule is NC(=O)C1CCN(c2nc(NCc3ccc(Cl)cc3)nc(NC3Cc4ccccc4C3)n2)CC1. The van der Waals surface area contributed by atoms with E-state index in [1.807, 2.05) is 24.3 Å². The quantitative estimate of drug-likeness (QED) is 0.478. The number of hydrogen-bond donors (Lipinski definition) is 3. The predicted molar refractivity (Wildman–Crippen MR) is 134 cm³/mol. The van der Waals surface area contributed by atoms with Crippen molar-refractivity contribution in [3.05, 3.63) is 70.2 Å². The van der Waals surface area contributed by atoms with Crippen LogP contribution in [0.1, 0.15) is 29.5 Å². The second-order valence-corrected chi connectivity index (χ2v) is 9.38. The minimum atomic E-state index is -0.233. The van der Waals surface area contributed by atoms with Gasteiger partial charge in [0, 0.05) is 36.6 Å². The van der Waals surface area contributed by atoms with Crippen LogP contribution in [0.2, 0.25) is 5.02 Å². The van der Waals surface area contributed by atoms with Crippen LogP contribution in [-0.4, -0.2) is 40.0 Å². The second-order valence-electron chi connectivity index (χ2n) is 8.94. The number of amides is 1. The lowest BCUT2D eigenvalue weighted by molar-refractivity contribution is -0.122. The smallest absolute Gasteiger partial charge is 0.231 e. The number of piperidine rings is 1. The molecule has 176 valence electrons. The summed E-state index contributed by atoms with van der Waals surface area (Å²) in [5.74, 6) is 1.35. The highest BCUT2D eigenvalue weighted by atomic mass is 35.5. The summed E-state index contributed by atoms with van der Waals surface area (Å²) in [5.41, 5.74) is 9.31. The highest BCUT2D eigenvalue weighted by Crippen LogP contribution is 2.26. The Morgan fingerprint density at radius 1 is 0.971 bits per heavy atom. The van der Waals surface area contributed by atoms with Crippen LogP contribution in [0.5, 0.6) is 0 Å². The first kappa shape index (κ1) is 22.4. The van der Waals surface area contributed by atoms with E-state index >= 15 is 0 Å². The molecule has 0 unspecified atom stereocenters. The molecule has 0 radical (unpaired) electrons. The highest BCUT2D eigenvalue weighted by Gasteiger charge is 2.26. The Kier molecular flexibility index (Phi) is 6.49. The fourth-order valence-corrected chi connectivity index (χ4v) is 4.77. The third kappa shape index (κ3) is 5.22.